The number of unbranched alkanes of at least 4 members (excludes halogenated alkanes) is 14. The van der Waals surface area contributed by atoms with Gasteiger partial charge in [-0.3, -0.25) is 20.2 Å². The molecular weight excluding hydrogens is 470 g/mol. The molecular formula is C25H43N3O4S2. The summed E-state index contributed by atoms with van der Waals surface area (Å²) in [6, 6.07) is 5.45. The van der Waals surface area contributed by atoms with Crippen molar-refractivity contribution in [2.75, 3.05) is 5.32 Å². The van der Waals surface area contributed by atoms with E-state index >= 15 is 0 Å². The lowest BCUT2D eigenvalue weighted by Crippen LogP contribution is -2.43. The van der Waals surface area contributed by atoms with Crippen molar-refractivity contribution >= 4 is 39.0 Å². The molecule has 7 nitrogen and oxygen atoms in total. The van der Waals surface area contributed by atoms with Gasteiger partial charge in [0.2, 0.25) is 5.91 Å². The predicted molar refractivity (Wildman–Crippen MR) is 143 cm³/mol. The first-order chi connectivity index (χ1) is 16.3. The first-order valence-corrected chi connectivity index (χ1v) is 14.6. The van der Waals surface area contributed by atoms with Gasteiger partial charge in [0.05, 0.1) is 4.90 Å². The van der Waals surface area contributed by atoms with Gasteiger partial charge in [0, 0.05) is 12.1 Å². The lowest BCUT2D eigenvalue weighted by Gasteiger charge is -2.11. The summed E-state index contributed by atoms with van der Waals surface area (Å²) >= 11 is 5.11. The van der Waals surface area contributed by atoms with E-state index in [1.165, 1.54) is 101 Å². The van der Waals surface area contributed by atoms with E-state index < -0.39 is 10.1 Å². The standard InChI is InChI=1S/C25H43N3O4S2/c1-2-3-4-5-6-7-8-9-10-11-12-13-14-15-16-17-24(29)27-28-25(33)26-22-18-20-23(21-19-22)34(30,31)32/h18-21H,2-17H2,1H3,(H,27,29)(H2,26,28,33)(H,30,31,32). The average molecular weight is 514 g/mol. The van der Waals surface area contributed by atoms with Crippen LogP contribution in [0.5, 0.6) is 0 Å². The fourth-order valence-corrected chi connectivity index (χ4v) is 4.37. The summed E-state index contributed by atoms with van der Waals surface area (Å²) in [7, 11) is -4.23. The highest BCUT2D eigenvalue weighted by atomic mass is 32.2. The Balaban J connectivity index is 1.94. The van der Waals surface area contributed by atoms with Crippen LogP contribution < -0.4 is 16.2 Å². The highest BCUT2D eigenvalue weighted by Gasteiger charge is 2.09. The fourth-order valence-electron chi connectivity index (χ4n) is 3.72. The lowest BCUT2D eigenvalue weighted by molar-refractivity contribution is -0.121. The molecule has 0 saturated heterocycles. The fraction of sp³-hybridized carbons (Fsp3) is 0.680. The topological polar surface area (TPSA) is 108 Å². The second-order valence-corrected chi connectivity index (χ2v) is 10.7. The summed E-state index contributed by atoms with van der Waals surface area (Å²) in [4.78, 5) is 11.7. The van der Waals surface area contributed by atoms with Gasteiger partial charge in [0.25, 0.3) is 10.1 Å². The molecule has 0 aromatic heterocycles. The SMILES string of the molecule is CCCCCCCCCCCCCCCCCC(=O)NNC(=S)Nc1ccc(S(=O)(=O)O)cc1. The third kappa shape index (κ3) is 16.0. The van der Waals surface area contributed by atoms with Crippen molar-refractivity contribution in [3.05, 3.63) is 24.3 Å². The minimum atomic E-state index is -4.23. The van der Waals surface area contributed by atoms with E-state index in [4.69, 9.17) is 16.8 Å². The van der Waals surface area contributed by atoms with E-state index in [1.54, 1.807) is 0 Å². The van der Waals surface area contributed by atoms with Crippen LogP contribution in [-0.4, -0.2) is 24.0 Å². The summed E-state index contributed by atoms with van der Waals surface area (Å²) in [5, 5.41) is 3.01. The second kappa shape index (κ2) is 18.6. The number of hydrazine groups is 1. The number of rotatable bonds is 18. The van der Waals surface area contributed by atoms with Crippen LogP contribution in [0.25, 0.3) is 0 Å². The number of anilines is 1. The average Bonchev–Trinajstić information content (AvgIpc) is 2.80. The van der Waals surface area contributed by atoms with Crippen molar-refractivity contribution in [2.45, 2.75) is 115 Å². The maximum atomic E-state index is 11.9. The number of carbonyl (C=O) groups excluding carboxylic acids is 1. The van der Waals surface area contributed by atoms with Gasteiger partial charge in [-0.25, -0.2) is 0 Å². The molecule has 0 aliphatic heterocycles. The molecule has 1 aromatic carbocycles. The Kier molecular flexibility index (Phi) is 16.6. The van der Waals surface area contributed by atoms with Crippen molar-refractivity contribution in [1.82, 2.24) is 10.9 Å². The van der Waals surface area contributed by atoms with Gasteiger partial charge in [0.15, 0.2) is 5.11 Å². The minimum Gasteiger partial charge on any atom is -0.331 e. The Bertz CT molecular complexity index is 799. The molecule has 0 unspecified atom stereocenters. The highest BCUT2D eigenvalue weighted by Crippen LogP contribution is 2.14. The van der Waals surface area contributed by atoms with E-state index in [9.17, 15) is 13.2 Å². The number of benzene rings is 1. The quantitative estimate of drug-likeness (QED) is 0.0766. The van der Waals surface area contributed by atoms with E-state index in [0.717, 1.165) is 19.3 Å². The van der Waals surface area contributed by atoms with Crippen LogP contribution in [-0.2, 0) is 14.9 Å². The predicted octanol–water partition coefficient (Wildman–Crippen LogP) is 6.51. The first-order valence-electron chi connectivity index (χ1n) is 12.8. The molecule has 0 aliphatic carbocycles. The Hall–Kier alpha value is -1.71. The van der Waals surface area contributed by atoms with E-state index in [1.807, 2.05) is 0 Å². The number of thiocarbonyl (C=S) groups is 1. The van der Waals surface area contributed by atoms with E-state index in [0.29, 0.717) is 12.1 Å². The highest BCUT2D eigenvalue weighted by molar-refractivity contribution is 7.85. The maximum Gasteiger partial charge on any atom is 0.294 e. The number of hydrogen-bond acceptors (Lipinski definition) is 4. The van der Waals surface area contributed by atoms with Gasteiger partial charge < -0.3 is 5.32 Å². The Labute approximate surface area is 211 Å². The Morgan fingerprint density at radius 2 is 1.21 bits per heavy atom. The number of hydrogen-bond donors (Lipinski definition) is 4. The number of carbonyl (C=O) groups is 1. The lowest BCUT2D eigenvalue weighted by atomic mass is 10.0. The van der Waals surface area contributed by atoms with Crippen LogP contribution in [0, 0.1) is 0 Å². The molecule has 1 aromatic rings. The molecule has 34 heavy (non-hydrogen) atoms. The van der Waals surface area contributed by atoms with Gasteiger partial charge in [-0.1, -0.05) is 96.8 Å². The van der Waals surface area contributed by atoms with E-state index in [-0.39, 0.29) is 15.9 Å². The summed E-state index contributed by atoms with van der Waals surface area (Å²) < 4.78 is 31.1. The van der Waals surface area contributed by atoms with Crippen LogP contribution >= 0.6 is 12.2 Å². The zero-order chi connectivity index (χ0) is 25.1. The van der Waals surface area contributed by atoms with Crippen molar-refractivity contribution in [2.24, 2.45) is 0 Å². The van der Waals surface area contributed by atoms with Crippen LogP contribution in [0.2, 0.25) is 0 Å². The molecule has 0 saturated carbocycles. The monoisotopic (exact) mass is 513 g/mol. The zero-order valence-electron chi connectivity index (χ0n) is 20.6. The summed E-state index contributed by atoms with van der Waals surface area (Å²) in [6.07, 6.45) is 19.8. The molecule has 194 valence electrons. The molecule has 1 amide bonds. The Morgan fingerprint density at radius 3 is 1.65 bits per heavy atom. The van der Waals surface area contributed by atoms with Gasteiger partial charge in [-0.05, 0) is 42.9 Å². The molecule has 0 atom stereocenters. The smallest absolute Gasteiger partial charge is 0.294 e. The van der Waals surface area contributed by atoms with Crippen LogP contribution in [0.1, 0.15) is 110 Å². The van der Waals surface area contributed by atoms with Crippen LogP contribution in [0.15, 0.2) is 29.2 Å². The molecule has 0 bridgehead atoms. The summed E-state index contributed by atoms with van der Waals surface area (Å²) in [5.74, 6) is -0.124. The maximum absolute atomic E-state index is 11.9. The molecule has 0 heterocycles. The third-order valence-electron chi connectivity index (χ3n) is 5.73. The summed E-state index contributed by atoms with van der Waals surface area (Å²) in [5.41, 5.74) is 5.72. The molecule has 0 radical (unpaired) electrons. The van der Waals surface area contributed by atoms with Crippen LogP contribution in [0.3, 0.4) is 0 Å². The largest absolute Gasteiger partial charge is 0.331 e. The van der Waals surface area contributed by atoms with Crippen molar-refractivity contribution in [3.63, 3.8) is 0 Å². The van der Waals surface area contributed by atoms with Crippen molar-refractivity contribution in [1.29, 1.82) is 0 Å². The van der Waals surface area contributed by atoms with Gasteiger partial charge >= 0.3 is 0 Å². The molecule has 0 fully saturated rings. The van der Waals surface area contributed by atoms with Gasteiger partial charge in [-0.15, -0.1) is 0 Å². The summed E-state index contributed by atoms with van der Waals surface area (Å²) in [6.45, 7) is 2.26. The molecule has 4 N–H and O–H groups in total. The molecule has 0 spiro atoms. The normalized spacial score (nSPS) is 11.2. The molecule has 0 aliphatic rings. The molecule has 1 rings (SSSR count). The van der Waals surface area contributed by atoms with Crippen molar-refractivity contribution in [3.8, 4) is 0 Å². The van der Waals surface area contributed by atoms with Crippen molar-refractivity contribution < 1.29 is 17.8 Å². The van der Waals surface area contributed by atoms with E-state index in [2.05, 4.69) is 23.1 Å². The first kappa shape index (κ1) is 30.3. The minimum absolute atomic E-state index is 0.124. The number of nitrogens with one attached hydrogen (secondary N) is 3. The van der Waals surface area contributed by atoms with Gasteiger partial charge in [-0.2, -0.15) is 8.42 Å². The second-order valence-electron chi connectivity index (χ2n) is 8.83. The molecule has 9 heteroatoms. The van der Waals surface area contributed by atoms with Gasteiger partial charge in [0.1, 0.15) is 0 Å². The third-order valence-corrected chi connectivity index (χ3v) is 6.80. The van der Waals surface area contributed by atoms with Crippen LogP contribution in [0.4, 0.5) is 5.69 Å². The Morgan fingerprint density at radius 1 is 0.765 bits per heavy atom. The zero-order valence-corrected chi connectivity index (χ0v) is 22.2. The number of amides is 1.